The van der Waals surface area contributed by atoms with Gasteiger partial charge in [-0.1, -0.05) is 25.7 Å². The van der Waals surface area contributed by atoms with E-state index in [1.165, 1.54) is 12.8 Å². The molecule has 7 atom stereocenters. The van der Waals surface area contributed by atoms with Crippen LogP contribution in [0.15, 0.2) is 0 Å². The Morgan fingerprint density at radius 1 is 1.08 bits per heavy atom. The summed E-state index contributed by atoms with van der Waals surface area (Å²) in [4.78, 5) is 12.0. The van der Waals surface area contributed by atoms with Gasteiger partial charge < -0.3 is 10.2 Å². The van der Waals surface area contributed by atoms with Crippen LogP contribution in [0.5, 0.6) is 0 Å². The van der Waals surface area contributed by atoms with Gasteiger partial charge in [-0.2, -0.15) is 0 Å². The van der Waals surface area contributed by atoms with Crippen molar-refractivity contribution in [1.82, 2.24) is 0 Å². The van der Waals surface area contributed by atoms with Gasteiger partial charge in [0.2, 0.25) is 0 Å². The highest BCUT2D eigenvalue weighted by atomic mass is 16.3. The van der Waals surface area contributed by atoms with Gasteiger partial charge in [-0.25, -0.2) is 0 Å². The molecule has 25 heavy (non-hydrogen) atoms. The van der Waals surface area contributed by atoms with Crippen LogP contribution in [0.4, 0.5) is 0 Å². The van der Waals surface area contributed by atoms with E-state index in [2.05, 4.69) is 25.7 Å². The summed E-state index contributed by atoms with van der Waals surface area (Å²) in [5.74, 6) is 8.70. The first kappa shape index (κ1) is 17.6. The van der Waals surface area contributed by atoms with Crippen LogP contribution >= 0.6 is 0 Å². The second kappa shape index (κ2) is 5.83. The van der Waals surface area contributed by atoms with Crippen LogP contribution in [0.2, 0.25) is 0 Å². The van der Waals surface area contributed by atoms with Crippen LogP contribution in [-0.2, 0) is 4.79 Å². The third-order valence-electron chi connectivity index (χ3n) is 9.01. The Hall–Kier alpha value is -0.850. The number of aliphatic hydroxyl groups is 2. The fourth-order valence-corrected chi connectivity index (χ4v) is 7.45. The molecule has 0 unspecified atom stereocenters. The Balaban J connectivity index is 1.63. The third kappa shape index (κ3) is 2.37. The molecule has 0 aliphatic heterocycles. The van der Waals surface area contributed by atoms with Gasteiger partial charge in [0, 0.05) is 18.3 Å². The molecule has 0 aromatic carbocycles. The lowest BCUT2D eigenvalue weighted by Gasteiger charge is -2.60. The zero-order chi connectivity index (χ0) is 17.9. The van der Waals surface area contributed by atoms with Crippen molar-refractivity contribution in [2.24, 2.45) is 34.5 Å². The highest BCUT2D eigenvalue weighted by molar-refractivity contribution is 5.79. The number of fused-ring (bicyclic) bond motifs is 5. The molecule has 4 aliphatic carbocycles. The van der Waals surface area contributed by atoms with Crippen LogP contribution < -0.4 is 0 Å². The van der Waals surface area contributed by atoms with E-state index in [4.69, 9.17) is 5.11 Å². The maximum atomic E-state index is 12.0. The Morgan fingerprint density at radius 3 is 2.60 bits per heavy atom. The van der Waals surface area contributed by atoms with E-state index < -0.39 is 5.60 Å². The third-order valence-corrected chi connectivity index (χ3v) is 9.01. The molecule has 3 nitrogen and oxygen atoms in total. The van der Waals surface area contributed by atoms with Crippen molar-refractivity contribution in [3.05, 3.63) is 0 Å². The smallest absolute Gasteiger partial charge is 0.133 e. The fourth-order valence-electron chi connectivity index (χ4n) is 7.45. The summed E-state index contributed by atoms with van der Waals surface area (Å²) in [6.45, 7) is 4.52. The first-order chi connectivity index (χ1) is 11.8. The van der Waals surface area contributed by atoms with Crippen LogP contribution in [0.25, 0.3) is 0 Å². The van der Waals surface area contributed by atoms with Crippen LogP contribution in [0.1, 0.15) is 71.6 Å². The number of carbonyl (C=O) groups excluding carboxylic acids is 1. The minimum Gasteiger partial charge on any atom is -0.384 e. The van der Waals surface area contributed by atoms with Crippen molar-refractivity contribution in [3.63, 3.8) is 0 Å². The Morgan fingerprint density at radius 2 is 1.84 bits per heavy atom. The van der Waals surface area contributed by atoms with Gasteiger partial charge in [0.05, 0.1) is 0 Å². The standard InChI is InChI=1S/C22H32O3/c1-20-10-6-16(24)14-15(20)4-5-17-18(20)7-11-21(2)19(17)8-12-22(21,25)9-3-13-23/h15,17-19,23,25H,4-8,10-14H2,1-2H3/t15-,17+,18-,19-,20-,21-,22+/m0/s1. The zero-order valence-corrected chi connectivity index (χ0v) is 15.7. The molecule has 4 rings (SSSR count). The van der Waals surface area contributed by atoms with E-state index in [9.17, 15) is 9.90 Å². The largest absolute Gasteiger partial charge is 0.384 e. The second-order valence-corrected chi connectivity index (χ2v) is 9.71. The van der Waals surface area contributed by atoms with E-state index in [0.29, 0.717) is 34.9 Å². The Bertz CT molecular complexity index is 631. The molecule has 4 aliphatic rings. The summed E-state index contributed by atoms with van der Waals surface area (Å²) >= 11 is 0. The molecule has 4 saturated carbocycles. The summed E-state index contributed by atoms with van der Waals surface area (Å²) in [5.41, 5.74) is -0.773. The van der Waals surface area contributed by atoms with Crippen molar-refractivity contribution < 1.29 is 15.0 Å². The van der Waals surface area contributed by atoms with Crippen molar-refractivity contribution in [1.29, 1.82) is 0 Å². The number of ketones is 1. The van der Waals surface area contributed by atoms with E-state index in [1.807, 2.05) is 0 Å². The molecule has 4 fully saturated rings. The van der Waals surface area contributed by atoms with Crippen molar-refractivity contribution in [2.75, 3.05) is 6.61 Å². The molecule has 0 aromatic heterocycles. The molecule has 0 bridgehead atoms. The fraction of sp³-hybridized carbons (Fsp3) is 0.864. The molecule has 0 heterocycles. The minimum atomic E-state index is -0.939. The number of Topliss-reactive ketones (excluding diaryl/α,β-unsaturated/α-hetero) is 1. The van der Waals surface area contributed by atoms with E-state index in [0.717, 1.165) is 44.9 Å². The molecular formula is C22H32O3. The molecule has 0 spiro atoms. The maximum absolute atomic E-state index is 12.0. The van der Waals surface area contributed by atoms with Gasteiger partial charge >= 0.3 is 0 Å². The van der Waals surface area contributed by atoms with E-state index in [1.54, 1.807) is 0 Å². The summed E-state index contributed by atoms with van der Waals surface area (Å²) < 4.78 is 0. The minimum absolute atomic E-state index is 0.149. The van der Waals surface area contributed by atoms with Crippen LogP contribution in [-0.4, -0.2) is 28.2 Å². The van der Waals surface area contributed by atoms with Gasteiger partial charge in [0.15, 0.2) is 0 Å². The lowest BCUT2D eigenvalue weighted by Crippen LogP contribution is -2.56. The lowest BCUT2D eigenvalue weighted by atomic mass is 9.44. The van der Waals surface area contributed by atoms with Crippen molar-refractivity contribution >= 4 is 5.78 Å². The molecule has 0 amide bonds. The lowest BCUT2D eigenvalue weighted by molar-refractivity contribution is -0.147. The molecule has 0 saturated heterocycles. The first-order valence-electron chi connectivity index (χ1n) is 10.2. The van der Waals surface area contributed by atoms with Gasteiger partial charge in [-0.3, -0.25) is 4.79 Å². The number of hydrogen-bond acceptors (Lipinski definition) is 3. The van der Waals surface area contributed by atoms with Gasteiger partial charge in [-0.15, -0.1) is 0 Å². The predicted octanol–water partition coefficient (Wildman–Crippen LogP) is 3.33. The Labute approximate surface area is 151 Å². The molecule has 2 N–H and O–H groups in total. The normalized spacial score (nSPS) is 51.8. The summed E-state index contributed by atoms with van der Waals surface area (Å²) in [6, 6.07) is 0. The number of aliphatic hydroxyl groups excluding tert-OH is 1. The molecule has 0 aromatic rings. The van der Waals surface area contributed by atoms with Crippen LogP contribution in [0.3, 0.4) is 0 Å². The van der Waals surface area contributed by atoms with Gasteiger partial charge in [0.1, 0.15) is 18.0 Å². The first-order valence-corrected chi connectivity index (χ1v) is 10.2. The average Bonchev–Trinajstić information content (AvgIpc) is 2.85. The predicted molar refractivity (Wildman–Crippen MR) is 96.5 cm³/mol. The van der Waals surface area contributed by atoms with E-state index in [-0.39, 0.29) is 12.0 Å². The van der Waals surface area contributed by atoms with Crippen molar-refractivity contribution in [3.8, 4) is 11.8 Å². The molecule has 3 heteroatoms. The molecular weight excluding hydrogens is 312 g/mol. The summed E-state index contributed by atoms with van der Waals surface area (Å²) in [7, 11) is 0. The SMILES string of the molecule is C[C@]12CCC(=O)C[C@@H]1CC[C@@H]1[C@@H]2CC[C@@]2(C)[C@H]1CC[C@]2(O)C#CCO. The highest BCUT2D eigenvalue weighted by Crippen LogP contribution is 2.67. The zero-order valence-electron chi connectivity index (χ0n) is 15.7. The van der Waals surface area contributed by atoms with Crippen LogP contribution in [0, 0.1) is 46.3 Å². The summed E-state index contributed by atoms with van der Waals surface area (Å²) in [5, 5.41) is 20.3. The quantitative estimate of drug-likeness (QED) is 0.663. The number of rotatable bonds is 0. The molecule has 138 valence electrons. The number of carbonyl (C=O) groups is 1. The average molecular weight is 344 g/mol. The summed E-state index contributed by atoms with van der Waals surface area (Å²) in [6.07, 6.45) is 8.98. The van der Waals surface area contributed by atoms with Crippen molar-refractivity contribution in [2.45, 2.75) is 77.2 Å². The molecule has 0 radical (unpaired) electrons. The van der Waals surface area contributed by atoms with Gasteiger partial charge in [0.25, 0.3) is 0 Å². The second-order valence-electron chi connectivity index (χ2n) is 9.71. The number of hydrogen-bond donors (Lipinski definition) is 2. The maximum Gasteiger partial charge on any atom is 0.133 e. The van der Waals surface area contributed by atoms with E-state index >= 15 is 0 Å². The topological polar surface area (TPSA) is 57.5 Å². The monoisotopic (exact) mass is 344 g/mol. The highest BCUT2D eigenvalue weighted by Gasteiger charge is 2.64. The Kier molecular flexibility index (Phi) is 4.09. The van der Waals surface area contributed by atoms with Gasteiger partial charge in [-0.05, 0) is 74.0 Å².